The van der Waals surface area contributed by atoms with E-state index < -0.39 is 0 Å². The molecule has 0 bridgehead atoms. The number of aromatic nitrogens is 2. The second-order valence-corrected chi connectivity index (χ2v) is 5.21. The Bertz CT molecular complexity index is 599. The van der Waals surface area contributed by atoms with Crippen LogP contribution in [0.4, 0.5) is 0 Å². The molecule has 1 saturated heterocycles. The van der Waals surface area contributed by atoms with Crippen molar-refractivity contribution >= 4 is 0 Å². The molecule has 0 spiro atoms. The fraction of sp³-hybridized carbons (Fsp3) is 0.467. The third-order valence-electron chi connectivity index (χ3n) is 3.75. The molecule has 1 fully saturated rings. The average molecular weight is 289 g/mol. The molecule has 21 heavy (non-hydrogen) atoms. The molecule has 2 aromatic rings. The van der Waals surface area contributed by atoms with Gasteiger partial charge in [0.2, 0.25) is 11.7 Å². The summed E-state index contributed by atoms with van der Waals surface area (Å²) in [5.74, 6) is 1.17. The summed E-state index contributed by atoms with van der Waals surface area (Å²) in [5.41, 5.74) is 2.10. The van der Waals surface area contributed by atoms with Crippen molar-refractivity contribution in [3.63, 3.8) is 0 Å². The number of aryl methyl sites for hydroxylation is 1. The van der Waals surface area contributed by atoms with E-state index in [1.807, 2.05) is 31.2 Å². The van der Waals surface area contributed by atoms with Crippen molar-refractivity contribution in [3.05, 3.63) is 35.7 Å². The zero-order valence-corrected chi connectivity index (χ0v) is 12.0. The molecular formula is C15H19N3O3. The molecule has 1 aliphatic heterocycles. The molecule has 0 radical (unpaired) electrons. The van der Waals surface area contributed by atoms with E-state index in [2.05, 4.69) is 15.0 Å². The van der Waals surface area contributed by atoms with Crippen molar-refractivity contribution in [3.8, 4) is 11.4 Å². The molecule has 0 amide bonds. The summed E-state index contributed by atoms with van der Waals surface area (Å²) in [5, 5.41) is 13.4. The second kappa shape index (κ2) is 6.34. The summed E-state index contributed by atoms with van der Waals surface area (Å²) in [6.07, 6.45) is 0. The first-order chi connectivity index (χ1) is 10.3. The molecule has 0 saturated carbocycles. The van der Waals surface area contributed by atoms with E-state index in [4.69, 9.17) is 9.26 Å². The molecule has 1 atom stereocenters. The number of ether oxygens (including phenoxy) is 1. The van der Waals surface area contributed by atoms with E-state index in [1.54, 1.807) is 0 Å². The summed E-state index contributed by atoms with van der Waals surface area (Å²) in [6, 6.07) is 7.94. The van der Waals surface area contributed by atoms with Gasteiger partial charge in [0.1, 0.15) is 0 Å². The minimum absolute atomic E-state index is 0.00689. The molecule has 6 heteroatoms. The highest BCUT2D eigenvalue weighted by atomic mass is 16.5. The summed E-state index contributed by atoms with van der Waals surface area (Å²) in [4.78, 5) is 6.57. The molecule has 1 aromatic carbocycles. The number of aliphatic hydroxyl groups excluding tert-OH is 1. The first-order valence-electron chi connectivity index (χ1n) is 7.09. The highest BCUT2D eigenvalue weighted by Crippen LogP contribution is 2.20. The maximum atomic E-state index is 9.37. The van der Waals surface area contributed by atoms with Crippen LogP contribution in [0.5, 0.6) is 0 Å². The van der Waals surface area contributed by atoms with Gasteiger partial charge in [-0.25, -0.2) is 0 Å². The summed E-state index contributed by atoms with van der Waals surface area (Å²) >= 11 is 0. The van der Waals surface area contributed by atoms with Crippen LogP contribution in [0.15, 0.2) is 28.8 Å². The van der Waals surface area contributed by atoms with Gasteiger partial charge in [-0.05, 0) is 12.5 Å². The molecule has 2 heterocycles. The van der Waals surface area contributed by atoms with Gasteiger partial charge in [0.05, 0.1) is 32.4 Å². The number of aliphatic hydroxyl groups is 1. The van der Waals surface area contributed by atoms with Gasteiger partial charge in [0.15, 0.2) is 0 Å². The number of rotatable bonds is 4. The van der Waals surface area contributed by atoms with Crippen LogP contribution in [0.1, 0.15) is 11.5 Å². The van der Waals surface area contributed by atoms with Crippen LogP contribution in [-0.4, -0.2) is 52.6 Å². The van der Waals surface area contributed by atoms with Crippen molar-refractivity contribution in [1.82, 2.24) is 15.0 Å². The fourth-order valence-electron chi connectivity index (χ4n) is 2.49. The van der Waals surface area contributed by atoms with Crippen molar-refractivity contribution in [1.29, 1.82) is 0 Å². The quantitative estimate of drug-likeness (QED) is 0.913. The maximum Gasteiger partial charge on any atom is 0.241 e. The molecule has 1 aromatic heterocycles. The first-order valence-corrected chi connectivity index (χ1v) is 7.09. The Labute approximate surface area is 123 Å². The van der Waals surface area contributed by atoms with Crippen molar-refractivity contribution in [2.75, 3.05) is 26.4 Å². The lowest BCUT2D eigenvalue weighted by Crippen LogP contribution is -2.46. The van der Waals surface area contributed by atoms with Crippen LogP contribution in [0.25, 0.3) is 11.4 Å². The van der Waals surface area contributed by atoms with Crippen LogP contribution in [0, 0.1) is 6.92 Å². The first kappa shape index (κ1) is 14.2. The summed E-state index contributed by atoms with van der Waals surface area (Å²) < 4.78 is 10.7. The van der Waals surface area contributed by atoms with Gasteiger partial charge in [0, 0.05) is 12.1 Å². The van der Waals surface area contributed by atoms with E-state index in [9.17, 15) is 5.11 Å². The molecule has 3 rings (SSSR count). The lowest BCUT2D eigenvalue weighted by atomic mass is 10.1. The van der Waals surface area contributed by atoms with Crippen LogP contribution in [0.2, 0.25) is 0 Å². The number of nitrogens with zero attached hydrogens (tertiary/aromatic N) is 3. The fourth-order valence-corrected chi connectivity index (χ4v) is 2.49. The van der Waals surface area contributed by atoms with E-state index in [1.165, 1.54) is 0 Å². The van der Waals surface area contributed by atoms with Gasteiger partial charge in [0.25, 0.3) is 0 Å². The SMILES string of the molecule is Cc1ccccc1-c1noc(CN2CCOCC2CO)n1. The Kier molecular flexibility index (Phi) is 4.28. The Morgan fingerprint density at radius 3 is 3.05 bits per heavy atom. The van der Waals surface area contributed by atoms with Crippen molar-refractivity contribution < 1.29 is 14.4 Å². The van der Waals surface area contributed by atoms with Crippen LogP contribution in [0.3, 0.4) is 0 Å². The minimum atomic E-state index is -0.00689. The zero-order chi connectivity index (χ0) is 14.7. The third kappa shape index (κ3) is 3.12. The predicted octanol–water partition coefficient (Wildman–Crippen LogP) is 1.24. The maximum absolute atomic E-state index is 9.37. The minimum Gasteiger partial charge on any atom is -0.395 e. The Morgan fingerprint density at radius 1 is 1.38 bits per heavy atom. The highest BCUT2D eigenvalue weighted by molar-refractivity contribution is 5.58. The Hall–Kier alpha value is -1.76. The van der Waals surface area contributed by atoms with Crippen LogP contribution in [-0.2, 0) is 11.3 Å². The Morgan fingerprint density at radius 2 is 2.24 bits per heavy atom. The van der Waals surface area contributed by atoms with Crippen molar-refractivity contribution in [2.24, 2.45) is 0 Å². The lowest BCUT2D eigenvalue weighted by Gasteiger charge is -2.33. The van der Waals surface area contributed by atoms with E-state index in [0.717, 1.165) is 17.7 Å². The molecule has 0 aliphatic carbocycles. The van der Waals surface area contributed by atoms with Gasteiger partial charge >= 0.3 is 0 Å². The molecule has 6 nitrogen and oxygen atoms in total. The van der Waals surface area contributed by atoms with Gasteiger partial charge in [-0.3, -0.25) is 4.90 Å². The summed E-state index contributed by atoms with van der Waals surface area (Å²) in [6.45, 7) is 4.58. The zero-order valence-electron chi connectivity index (χ0n) is 12.0. The van der Waals surface area contributed by atoms with Crippen molar-refractivity contribution in [2.45, 2.75) is 19.5 Å². The van der Waals surface area contributed by atoms with Gasteiger partial charge in [-0.2, -0.15) is 4.98 Å². The standard InChI is InChI=1S/C15H19N3O3/c1-11-4-2-3-5-13(11)15-16-14(21-17-15)8-18-6-7-20-10-12(18)9-19/h2-5,12,19H,6-10H2,1H3. The molecule has 1 unspecified atom stereocenters. The average Bonchev–Trinajstić information content (AvgIpc) is 2.96. The van der Waals surface area contributed by atoms with Gasteiger partial charge in [-0.15, -0.1) is 0 Å². The van der Waals surface area contributed by atoms with Crippen LogP contribution < -0.4 is 0 Å². The van der Waals surface area contributed by atoms with E-state index >= 15 is 0 Å². The normalized spacial score (nSPS) is 19.8. The predicted molar refractivity (Wildman–Crippen MR) is 76.6 cm³/mol. The number of hydrogen-bond acceptors (Lipinski definition) is 6. The smallest absolute Gasteiger partial charge is 0.241 e. The number of benzene rings is 1. The molecule has 112 valence electrons. The molecule has 1 N–H and O–H groups in total. The third-order valence-corrected chi connectivity index (χ3v) is 3.75. The van der Waals surface area contributed by atoms with Gasteiger partial charge in [-0.1, -0.05) is 29.4 Å². The second-order valence-electron chi connectivity index (χ2n) is 5.21. The van der Waals surface area contributed by atoms with E-state index in [0.29, 0.717) is 31.5 Å². The summed E-state index contributed by atoms with van der Waals surface area (Å²) in [7, 11) is 0. The number of hydrogen-bond donors (Lipinski definition) is 1. The topological polar surface area (TPSA) is 71.6 Å². The van der Waals surface area contributed by atoms with Crippen LogP contribution >= 0.6 is 0 Å². The molecule has 1 aliphatic rings. The monoisotopic (exact) mass is 289 g/mol. The number of morpholine rings is 1. The largest absolute Gasteiger partial charge is 0.395 e. The highest BCUT2D eigenvalue weighted by Gasteiger charge is 2.24. The Balaban J connectivity index is 1.75. The van der Waals surface area contributed by atoms with E-state index in [-0.39, 0.29) is 12.6 Å². The lowest BCUT2D eigenvalue weighted by molar-refractivity contribution is -0.0348. The van der Waals surface area contributed by atoms with Gasteiger partial charge < -0.3 is 14.4 Å². The molecular weight excluding hydrogens is 270 g/mol.